The Hall–Kier alpha value is 0.0700. The Bertz CT molecular complexity index is 351. The molecule has 1 heterocycles. The zero-order valence-corrected chi connectivity index (χ0v) is 14.7. The van der Waals surface area contributed by atoms with Crippen molar-refractivity contribution in [1.29, 1.82) is 0 Å². The van der Waals surface area contributed by atoms with Gasteiger partial charge in [0.05, 0.1) is 0 Å². The predicted octanol–water partition coefficient (Wildman–Crippen LogP) is 3.28. The summed E-state index contributed by atoms with van der Waals surface area (Å²) in [6.07, 6.45) is 1.21. The van der Waals surface area contributed by atoms with E-state index in [1.807, 2.05) is 0 Å². The highest BCUT2D eigenvalue weighted by atomic mass is 35.5. The minimum Gasteiger partial charge on any atom is -0.301 e. The van der Waals surface area contributed by atoms with Crippen molar-refractivity contribution in [3.05, 3.63) is 35.4 Å². The van der Waals surface area contributed by atoms with Gasteiger partial charge in [-0.15, -0.1) is 24.8 Å². The average molecular weight is 337 g/mol. The largest absolute Gasteiger partial charge is 0.301 e. The fraction of sp³-hybridized carbons (Fsp3) is 0.600. The summed E-state index contributed by atoms with van der Waals surface area (Å²) in [5.41, 5.74) is 2.78. The SMILES string of the molecule is Cc1ccc(CN2CCN(CCCS)CC2)cc1.Cl.Cl. The Morgan fingerprint density at radius 3 is 2.05 bits per heavy atom. The maximum Gasteiger partial charge on any atom is 0.0234 e. The fourth-order valence-electron chi connectivity index (χ4n) is 2.42. The minimum atomic E-state index is 0. The summed E-state index contributed by atoms with van der Waals surface area (Å²) in [5, 5.41) is 0. The molecule has 0 radical (unpaired) electrons. The highest BCUT2D eigenvalue weighted by Crippen LogP contribution is 2.10. The van der Waals surface area contributed by atoms with Crippen molar-refractivity contribution in [2.75, 3.05) is 38.5 Å². The molecule has 1 aromatic carbocycles. The van der Waals surface area contributed by atoms with E-state index in [-0.39, 0.29) is 24.8 Å². The van der Waals surface area contributed by atoms with Gasteiger partial charge in [0.2, 0.25) is 0 Å². The van der Waals surface area contributed by atoms with E-state index in [0.717, 1.165) is 12.3 Å². The van der Waals surface area contributed by atoms with E-state index >= 15 is 0 Å². The highest BCUT2D eigenvalue weighted by Gasteiger charge is 2.16. The van der Waals surface area contributed by atoms with Crippen LogP contribution < -0.4 is 0 Å². The maximum atomic E-state index is 4.28. The Balaban J connectivity index is 0.00000180. The van der Waals surface area contributed by atoms with E-state index in [1.165, 1.54) is 50.3 Å². The van der Waals surface area contributed by atoms with Crippen molar-refractivity contribution in [1.82, 2.24) is 9.80 Å². The van der Waals surface area contributed by atoms with Gasteiger partial charge in [-0.05, 0) is 31.2 Å². The molecule has 5 heteroatoms. The van der Waals surface area contributed by atoms with Gasteiger partial charge < -0.3 is 4.90 Å². The third-order valence-corrected chi connectivity index (χ3v) is 3.94. The molecule has 1 aliphatic heterocycles. The molecule has 1 fully saturated rings. The topological polar surface area (TPSA) is 6.48 Å². The van der Waals surface area contributed by atoms with Gasteiger partial charge in [0.15, 0.2) is 0 Å². The Labute approximate surface area is 141 Å². The molecule has 0 N–H and O–H groups in total. The molecule has 0 unspecified atom stereocenters. The van der Waals surface area contributed by atoms with Crippen LogP contribution in [0.5, 0.6) is 0 Å². The molecular weight excluding hydrogens is 311 g/mol. The maximum absolute atomic E-state index is 4.28. The summed E-state index contributed by atoms with van der Waals surface area (Å²) >= 11 is 4.28. The summed E-state index contributed by atoms with van der Waals surface area (Å²) in [6, 6.07) is 8.92. The van der Waals surface area contributed by atoms with Gasteiger partial charge in [-0.3, -0.25) is 4.90 Å². The number of hydrogen-bond donors (Lipinski definition) is 1. The second-order valence-corrected chi connectivity index (χ2v) is 5.63. The van der Waals surface area contributed by atoms with Crippen molar-refractivity contribution in [2.45, 2.75) is 19.9 Å². The van der Waals surface area contributed by atoms with Crippen LogP contribution in [0, 0.1) is 6.92 Å². The van der Waals surface area contributed by atoms with Gasteiger partial charge in [-0.2, -0.15) is 12.6 Å². The highest BCUT2D eigenvalue weighted by molar-refractivity contribution is 7.80. The quantitative estimate of drug-likeness (QED) is 0.824. The van der Waals surface area contributed by atoms with Crippen molar-refractivity contribution >= 4 is 37.4 Å². The molecule has 2 nitrogen and oxygen atoms in total. The lowest BCUT2D eigenvalue weighted by molar-refractivity contribution is 0.127. The summed E-state index contributed by atoms with van der Waals surface area (Å²) in [5.74, 6) is 1.00. The van der Waals surface area contributed by atoms with E-state index in [9.17, 15) is 0 Å². The van der Waals surface area contributed by atoms with Gasteiger partial charge in [0.25, 0.3) is 0 Å². The Morgan fingerprint density at radius 2 is 1.50 bits per heavy atom. The molecule has 0 atom stereocenters. The second-order valence-electron chi connectivity index (χ2n) is 5.18. The predicted molar refractivity (Wildman–Crippen MR) is 95.9 cm³/mol. The van der Waals surface area contributed by atoms with Crippen LogP contribution in [-0.2, 0) is 6.54 Å². The summed E-state index contributed by atoms with van der Waals surface area (Å²) in [7, 11) is 0. The Kier molecular flexibility index (Phi) is 10.8. The van der Waals surface area contributed by atoms with Gasteiger partial charge in [-0.25, -0.2) is 0 Å². The molecule has 1 saturated heterocycles. The molecule has 0 bridgehead atoms. The lowest BCUT2D eigenvalue weighted by atomic mass is 10.1. The van der Waals surface area contributed by atoms with Gasteiger partial charge in [-0.1, -0.05) is 29.8 Å². The normalized spacial score (nSPS) is 16.3. The van der Waals surface area contributed by atoms with Crippen molar-refractivity contribution in [3.8, 4) is 0 Å². The molecule has 2 rings (SSSR count). The molecule has 20 heavy (non-hydrogen) atoms. The van der Waals surface area contributed by atoms with Crippen LogP contribution in [-0.4, -0.2) is 48.3 Å². The number of thiol groups is 1. The molecule has 1 aromatic rings. The number of rotatable bonds is 5. The van der Waals surface area contributed by atoms with Crippen molar-refractivity contribution in [3.63, 3.8) is 0 Å². The monoisotopic (exact) mass is 336 g/mol. The fourth-order valence-corrected chi connectivity index (χ4v) is 2.56. The number of halogens is 2. The van der Waals surface area contributed by atoms with E-state index in [0.29, 0.717) is 0 Å². The molecule has 0 aliphatic carbocycles. The van der Waals surface area contributed by atoms with Crippen molar-refractivity contribution in [2.24, 2.45) is 0 Å². The number of piperazine rings is 1. The van der Waals surface area contributed by atoms with Crippen LogP contribution in [0.4, 0.5) is 0 Å². The van der Waals surface area contributed by atoms with E-state index in [4.69, 9.17) is 0 Å². The molecule has 0 saturated carbocycles. The smallest absolute Gasteiger partial charge is 0.0234 e. The third-order valence-electron chi connectivity index (χ3n) is 3.62. The van der Waals surface area contributed by atoms with Crippen LogP contribution in [0.2, 0.25) is 0 Å². The van der Waals surface area contributed by atoms with Gasteiger partial charge >= 0.3 is 0 Å². The average Bonchev–Trinajstić information content (AvgIpc) is 2.41. The van der Waals surface area contributed by atoms with Crippen LogP contribution in [0.25, 0.3) is 0 Å². The lowest BCUT2D eigenvalue weighted by Gasteiger charge is -2.34. The van der Waals surface area contributed by atoms with Crippen LogP contribution in [0.3, 0.4) is 0 Å². The van der Waals surface area contributed by atoms with E-state index in [1.54, 1.807) is 0 Å². The summed E-state index contributed by atoms with van der Waals surface area (Å²) < 4.78 is 0. The summed E-state index contributed by atoms with van der Waals surface area (Å²) in [4.78, 5) is 5.11. The standard InChI is InChI=1S/C15H24N2S.2ClH/c1-14-3-5-15(6-4-14)13-17-10-8-16(9-11-17)7-2-12-18;;/h3-6,18H,2,7-13H2,1H3;2*1H. The zero-order valence-electron chi connectivity index (χ0n) is 12.1. The van der Waals surface area contributed by atoms with Gasteiger partial charge in [0.1, 0.15) is 0 Å². The van der Waals surface area contributed by atoms with Crippen LogP contribution >= 0.6 is 37.4 Å². The first-order valence-electron chi connectivity index (χ1n) is 6.89. The molecule has 0 spiro atoms. The molecule has 0 amide bonds. The first-order valence-corrected chi connectivity index (χ1v) is 7.52. The first-order chi connectivity index (χ1) is 8.78. The molecular formula is C15H26Cl2N2S. The lowest BCUT2D eigenvalue weighted by Crippen LogP contribution is -2.46. The van der Waals surface area contributed by atoms with Crippen LogP contribution in [0.1, 0.15) is 17.5 Å². The van der Waals surface area contributed by atoms with Crippen molar-refractivity contribution < 1.29 is 0 Å². The van der Waals surface area contributed by atoms with E-state index in [2.05, 4.69) is 53.6 Å². The number of hydrogen-bond acceptors (Lipinski definition) is 3. The minimum absolute atomic E-state index is 0. The Morgan fingerprint density at radius 1 is 0.950 bits per heavy atom. The number of benzene rings is 1. The first kappa shape index (κ1) is 20.1. The molecule has 1 aliphatic rings. The third kappa shape index (κ3) is 6.68. The van der Waals surface area contributed by atoms with Crippen LogP contribution in [0.15, 0.2) is 24.3 Å². The zero-order chi connectivity index (χ0) is 12.8. The van der Waals surface area contributed by atoms with E-state index < -0.39 is 0 Å². The van der Waals surface area contributed by atoms with Gasteiger partial charge in [0, 0.05) is 32.7 Å². The molecule has 0 aromatic heterocycles. The number of aryl methyl sites for hydroxylation is 1. The second kappa shape index (κ2) is 10.7. The number of nitrogens with zero attached hydrogens (tertiary/aromatic N) is 2. The molecule has 116 valence electrons. The summed E-state index contributed by atoms with van der Waals surface area (Å²) in [6.45, 7) is 9.26.